The molecule has 3 rings (SSSR count). The molecule has 1 aromatic rings. The molecular weight excluding hydrogens is 467 g/mol. The lowest BCUT2D eigenvalue weighted by molar-refractivity contribution is -0.135. The highest BCUT2D eigenvalue weighted by Crippen LogP contribution is 2.26. The third-order valence-electron chi connectivity index (χ3n) is 6.11. The SMILES string of the molecule is CN=C(NCc1c(C)nn(C)c1C)NC1CCN(C(=O)C2CCCCC2)C1.I. The Kier molecular flexibility index (Phi) is 8.57. The van der Waals surface area contributed by atoms with Gasteiger partial charge < -0.3 is 15.5 Å². The number of rotatable bonds is 4. The van der Waals surface area contributed by atoms with Gasteiger partial charge in [-0.1, -0.05) is 19.3 Å². The molecular formula is C20H35IN6O. The minimum absolute atomic E-state index is 0. The number of aliphatic imine (C=N–C) groups is 1. The van der Waals surface area contributed by atoms with Gasteiger partial charge in [-0.05, 0) is 33.1 Å². The summed E-state index contributed by atoms with van der Waals surface area (Å²) in [4.78, 5) is 19.1. The van der Waals surface area contributed by atoms with Gasteiger partial charge in [0.1, 0.15) is 0 Å². The molecule has 2 N–H and O–H groups in total. The van der Waals surface area contributed by atoms with E-state index in [4.69, 9.17) is 0 Å². The molecule has 1 aliphatic carbocycles. The van der Waals surface area contributed by atoms with E-state index in [1.807, 2.05) is 18.7 Å². The second-order valence-corrected chi connectivity index (χ2v) is 7.95. The summed E-state index contributed by atoms with van der Waals surface area (Å²) in [6, 6.07) is 0.264. The summed E-state index contributed by atoms with van der Waals surface area (Å²) in [6.45, 7) is 6.44. The molecule has 28 heavy (non-hydrogen) atoms. The summed E-state index contributed by atoms with van der Waals surface area (Å²) in [5.74, 6) is 1.41. The topological polar surface area (TPSA) is 74.6 Å². The highest BCUT2D eigenvalue weighted by atomic mass is 127. The number of aryl methyl sites for hydroxylation is 2. The molecule has 0 spiro atoms. The van der Waals surface area contributed by atoms with Gasteiger partial charge in [0.15, 0.2) is 5.96 Å². The third-order valence-corrected chi connectivity index (χ3v) is 6.11. The van der Waals surface area contributed by atoms with Crippen molar-refractivity contribution in [3.8, 4) is 0 Å². The first-order chi connectivity index (χ1) is 13.0. The molecule has 8 heteroatoms. The fraction of sp³-hybridized carbons (Fsp3) is 0.750. The van der Waals surface area contributed by atoms with Gasteiger partial charge in [-0.2, -0.15) is 5.10 Å². The predicted octanol–water partition coefficient (Wildman–Crippen LogP) is 2.50. The largest absolute Gasteiger partial charge is 0.352 e. The maximum absolute atomic E-state index is 12.7. The average Bonchev–Trinajstić information content (AvgIpc) is 3.24. The molecule has 1 saturated heterocycles. The molecule has 1 saturated carbocycles. The Hall–Kier alpha value is -1.32. The van der Waals surface area contributed by atoms with Crippen molar-refractivity contribution in [1.82, 2.24) is 25.3 Å². The number of nitrogens with one attached hydrogen (secondary N) is 2. The standard InChI is InChI=1S/C20H34N6O.HI/c1-14-18(15(2)25(4)24-14)12-22-20(21-3)23-17-10-11-26(13-17)19(27)16-8-6-5-7-9-16;/h16-17H,5-13H2,1-4H3,(H2,21,22,23);1H. The van der Waals surface area contributed by atoms with E-state index < -0.39 is 0 Å². The second-order valence-electron chi connectivity index (χ2n) is 7.95. The van der Waals surface area contributed by atoms with Crippen LogP contribution in [-0.4, -0.2) is 52.7 Å². The van der Waals surface area contributed by atoms with Crippen molar-refractivity contribution in [1.29, 1.82) is 0 Å². The Morgan fingerprint density at radius 1 is 1.21 bits per heavy atom. The van der Waals surface area contributed by atoms with Gasteiger partial charge in [-0.25, -0.2) is 0 Å². The quantitative estimate of drug-likeness (QED) is 0.377. The molecule has 1 unspecified atom stereocenters. The van der Waals surface area contributed by atoms with Crippen LogP contribution >= 0.6 is 24.0 Å². The monoisotopic (exact) mass is 502 g/mol. The summed E-state index contributed by atoms with van der Waals surface area (Å²) in [6.07, 6.45) is 6.81. The molecule has 1 aliphatic heterocycles. The number of hydrogen-bond acceptors (Lipinski definition) is 3. The molecule has 2 heterocycles. The maximum atomic E-state index is 12.7. The fourth-order valence-corrected chi connectivity index (χ4v) is 4.32. The van der Waals surface area contributed by atoms with Crippen molar-refractivity contribution < 1.29 is 4.79 Å². The minimum atomic E-state index is 0. The lowest BCUT2D eigenvalue weighted by atomic mass is 9.88. The Labute approximate surface area is 185 Å². The van der Waals surface area contributed by atoms with Crippen LogP contribution in [-0.2, 0) is 18.4 Å². The first-order valence-corrected chi connectivity index (χ1v) is 10.2. The van der Waals surface area contributed by atoms with Crippen molar-refractivity contribution in [3.05, 3.63) is 17.0 Å². The number of hydrogen-bond donors (Lipinski definition) is 2. The Morgan fingerprint density at radius 2 is 1.93 bits per heavy atom. The Bertz CT molecular complexity index is 695. The van der Waals surface area contributed by atoms with E-state index in [9.17, 15) is 4.79 Å². The summed E-state index contributed by atoms with van der Waals surface area (Å²) in [5, 5.41) is 11.3. The van der Waals surface area contributed by atoms with E-state index >= 15 is 0 Å². The van der Waals surface area contributed by atoms with Gasteiger partial charge in [-0.15, -0.1) is 24.0 Å². The van der Waals surface area contributed by atoms with Crippen LogP contribution in [0.15, 0.2) is 4.99 Å². The molecule has 2 fully saturated rings. The van der Waals surface area contributed by atoms with Crippen LogP contribution in [0.25, 0.3) is 0 Å². The minimum Gasteiger partial charge on any atom is -0.352 e. The lowest BCUT2D eigenvalue weighted by Crippen LogP contribution is -2.45. The zero-order valence-corrected chi connectivity index (χ0v) is 20.0. The van der Waals surface area contributed by atoms with E-state index in [1.54, 1.807) is 7.05 Å². The van der Waals surface area contributed by atoms with Gasteiger partial charge in [0.05, 0.1) is 5.69 Å². The molecule has 158 valence electrons. The number of carbonyl (C=O) groups is 1. The van der Waals surface area contributed by atoms with E-state index in [1.165, 1.54) is 30.5 Å². The predicted molar refractivity (Wildman–Crippen MR) is 123 cm³/mol. The first kappa shape index (κ1) is 23.0. The molecule has 2 aliphatic rings. The van der Waals surface area contributed by atoms with Crippen LogP contribution < -0.4 is 10.6 Å². The molecule has 7 nitrogen and oxygen atoms in total. The fourth-order valence-electron chi connectivity index (χ4n) is 4.32. The van der Waals surface area contributed by atoms with Gasteiger partial charge in [0.25, 0.3) is 0 Å². The Morgan fingerprint density at radius 3 is 2.54 bits per heavy atom. The number of aromatic nitrogens is 2. The van der Waals surface area contributed by atoms with Crippen molar-refractivity contribution in [2.45, 2.75) is 65.0 Å². The summed E-state index contributed by atoms with van der Waals surface area (Å²) >= 11 is 0. The van der Waals surface area contributed by atoms with E-state index in [0.717, 1.165) is 44.0 Å². The van der Waals surface area contributed by atoms with Crippen LogP contribution in [0, 0.1) is 19.8 Å². The van der Waals surface area contributed by atoms with E-state index in [0.29, 0.717) is 12.5 Å². The average molecular weight is 502 g/mol. The highest BCUT2D eigenvalue weighted by Gasteiger charge is 2.31. The lowest BCUT2D eigenvalue weighted by Gasteiger charge is -2.26. The van der Waals surface area contributed by atoms with E-state index in [-0.39, 0.29) is 35.9 Å². The van der Waals surface area contributed by atoms with Crippen LogP contribution in [0.3, 0.4) is 0 Å². The first-order valence-electron chi connectivity index (χ1n) is 10.2. The summed E-state index contributed by atoms with van der Waals surface area (Å²) in [7, 11) is 3.76. The summed E-state index contributed by atoms with van der Waals surface area (Å²) < 4.78 is 1.91. The van der Waals surface area contributed by atoms with Crippen molar-refractivity contribution in [3.63, 3.8) is 0 Å². The highest BCUT2D eigenvalue weighted by molar-refractivity contribution is 14.0. The zero-order chi connectivity index (χ0) is 19.4. The van der Waals surface area contributed by atoms with Gasteiger partial charge >= 0.3 is 0 Å². The second kappa shape index (κ2) is 10.5. The number of guanidine groups is 1. The van der Waals surface area contributed by atoms with Gasteiger partial charge in [0.2, 0.25) is 5.91 Å². The zero-order valence-electron chi connectivity index (χ0n) is 17.6. The van der Waals surface area contributed by atoms with E-state index in [2.05, 4.69) is 32.5 Å². The molecule has 0 aromatic carbocycles. The summed E-state index contributed by atoms with van der Waals surface area (Å²) in [5.41, 5.74) is 3.42. The van der Waals surface area contributed by atoms with Crippen molar-refractivity contribution in [2.24, 2.45) is 18.0 Å². The van der Waals surface area contributed by atoms with Crippen LogP contribution in [0.1, 0.15) is 55.5 Å². The van der Waals surface area contributed by atoms with Crippen molar-refractivity contribution in [2.75, 3.05) is 20.1 Å². The molecule has 1 amide bonds. The molecule has 1 atom stereocenters. The smallest absolute Gasteiger partial charge is 0.225 e. The number of carbonyl (C=O) groups excluding carboxylic acids is 1. The van der Waals surface area contributed by atoms with Crippen LogP contribution in [0.4, 0.5) is 0 Å². The molecule has 1 aromatic heterocycles. The van der Waals surface area contributed by atoms with Gasteiger partial charge in [0, 0.05) is 56.9 Å². The molecule has 0 radical (unpaired) electrons. The van der Waals surface area contributed by atoms with Crippen LogP contribution in [0.5, 0.6) is 0 Å². The van der Waals surface area contributed by atoms with Crippen molar-refractivity contribution >= 4 is 35.8 Å². The number of amides is 1. The third kappa shape index (κ3) is 5.39. The number of halogens is 1. The normalized spacial score (nSPS) is 20.8. The van der Waals surface area contributed by atoms with Crippen LogP contribution in [0.2, 0.25) is 0 Å². The number of nitrogens with zero attached hydrogens (tertiary/aromatic N) is 4. The Balaban J connectivity index is 0.00000280. The van der Waals surface area contributed by atoms with Gasteiger partial charge in [-0.3, -0.25) is 14.5 Å². The number of likely N-dealkylation sites (tertiary alicyclic amines) is 1. The maximum Gasteiger partial charge on any atom is 0.225 e. The molecule has 0 bridgehead atoms.